The van der Waals surface area contributed by atoms with Gasteiger partial charge in [-0.1, -0.05) is 0 Å². The molecule has 0 aliphatic heterocycles. The monoisotopic (exact) mass is 148 g/mol. The Labute approximate surface area is 64.3 Å². The molecular weight excluding hydrogens is 142 g/mol. The lowest BCUT2D eigenvalue weighted by Gasteiger charge is -1.96. The van der Waals surface area contributed by atoms with Crippen molar-refractivity contribution in [1.29, 1.82) is 0 Å². The number of ether oxygens (including phenoxy) is 1. The van der Waals surface area contributed by atoms with E-state index < -0.39 is 0 Å². The van der Waals surface area contributed by atoms with Gasteiger partial charge in [-0.05, 0) is 18.2 Å². The molecule has 0 fully saturated rings. The van der Waals surface area contributed by atoms with Crippen molar-refractivity contribution >= 4 is 11.8 Å². The van der Waals surface area contributed by atoms with Gasteiger partial charge in [0.1, 0.15) is 5.75 Å². The number of rotatable bonds is 2. The first-order chi connectivity index (χ1) is 5.36. The molecule has 1 aromatic carbocycles. The Balaban J connectivity index is 2.91. The van der Waals surface area contributed by atoms with Crippen molar-refractivity contribution in [2.75, 3.05) is 7.11 Å². The van der Waals surface area contributed by atoms with E-state index >= 15 is 0 Å². The summed E-state index contributed by atoms with van der Waals surface area (Å²) in [7, 11) is 1.56. The van der Waals surface area contributed by atoms with E-state index in [1.54, 1.807) is 25.3 Å². The molecule has 0 aliphatic carbocycles. The summed E-state index contributed by atoms with van der Waals surface area (Å²) in [6.45, 7) is 0. The van der Waals surface area contributed by atoms with Crippen LogP contribution in [0.1, 0.15) is 0 Å². The first-order valence-corrected chi connectivity index (χ1v) is 3.00. The summed E-state index contributed by atoms with van der Waals surface area (Å²) in [6, 6.07) is 7.67. The second kappa shape index (κ2) is 3.54. The Morgan fingerprint density at radius 1 is 1.64 bits per heavy atom. The number of isocyanates is 1. The van der Waals surface area contributed by atoms with E-state index in [-0.39, 0.29) is 0 Å². The Kier molecular flexibility index (Phi) is 2.42. The summed E-state index contributed by atoms with van der Waals surface area (Å²) in [5.41, 5.74) is 0.459. The standard InChI is InChI=1S/C8H6NO2/c1-11-8-4-2-7(3-5-8)9-6-10/h2,4-5H,1H3. The van der Waals surface area contributed by atoms with Crippen LogP contribution in [0.15, 0.2) is 23.2 Å². The number of aliphatic imine (C=N–C) groups is 1. The molecule has 0 unspecified atom stereocenters. The molecular formula is C8H6NO2. The van der Waals surface area contributed by atoms with Crippen LogP contribution >= 0.6 is 0 Å². The van der Waals surface area contributed by atoms with E-state index in [0.717, 1.165) is 0 Å². The summed E-state index contributed by atoms with van der Waals surface area (Å²) in [5.74, 6) is 0.690. The molecule has 0 aromatic heterocycles. The largest absolute Gasteiger partial charge is 0.497 e. The van der Waals surface area contributed by atoms with Gasteiger partial charge >= 0.3 is 0 Å². The molecule has 0 aliphatic rings. The van der Waals surface area contributed by atoms with Gasteiger partial charge in [0.05, 0.1) is 12.8 Å². The van der Waals surface area contributed by atoms with Crippen molar-refractivity contribution < 1.29 is 9.53 Å². The van der Waals surface area contributed by atoms with Crippen LogP contribution in [-0.2, 0) is 4.79 Å². The molecule has 0 heterocycles. The molecule has 0 bridgehead atoms. The topological polar surface area (TPSA) is 38.7 Å². The Morgan fingerprint density at radius 2 is 2.45 bits per heavy atom. The molecule has 0 saturated carbocycles. The lowest BCUT2D eigenvalue weighted by Crippen LogP contribution is -1.79. The molecule has 3 nitrogen and oxygen atoms in total. The predicted molar refractivity (Wildman–Crippen MR) is 39.6 cm³/mol. The third-order valence-electron chi connectivity index (χ3n) is 1.17. The van der Waals surface area contributed by atoms with Crippen LogP contribution in [0.2, 0.25) is 0 Å². The molecule has 55 valence electrons. The van der Waals surface area contributed by atoms with Crippen LogP contribution in [0, 0.1) is 6.07 Å². The molecule has 0 atom stereocenters. The summed E-state index contributed by atoms with van der Waals surface area (Å²) in [5, 5.41) is 0. The fourth-order valence-electron chi connectivity index (χ4n) is 0.648. The minimum atomic E-state index is 0.459. The van der Waals surface area contributed by atoms with Gasteiger partial charge in [-0.15, -0.1) is 0 Å². The molecule has 0 N–H and O–H groups in total. The van der Waals surface area contributed by atoms with Crippen molar-refractivity contribution in [3.63, 3.8) is 0 Å². The Morgan fingerprint density at radius 3 is 2.91 bits per heavy atom. The van der Waals surface area contributed by atoms with Crippen molar-refractivity contribution in [2.45, 2.75) is 0 Å². The molecule has 1 aromatic rings. The van der Waals surface area contributed by atoms with Crippen molar-refractivity contribution in [3.8, 4) is 5.75 Å². The fraction of sp³-hybridized carbons (Fsp3) is 0.125. The highest BCUT2D eigenvalue weighted by Gasteiger charge is 1.90. The zero-order valence-corrected chi connectivity index (χ0v) is 6.00. The van der Waals surface area contributed by atoms with E-state index in [1.165, 1.54) is 6.08 Å². The van der Waals surface area contributed by atoms with Crippen LogP contribution < -0.4 is 4.74 Å². The van der Waals surface area contributed by atoms with Gasteiger partial charge in [-0.25, -0.2) is 4.79 Å². The molecule has 3 heteroatoms. The number of hydrogen-bond acceptors (Lipinski definition) is 3. The minimum absolute atomic E-state index is 0.459. The summed E-state index contributed by atoms with van der Waals surface area (Å²) in [6.07, 6.45) is 1.42. The second-order valence-corrected chi connectivity index (χ2v) is 1.82. The van der Waals surface area contributed by atoms with Crippen molar-refractivity contribution in [3.05, 3.63) is 24.3 Å². The third kappa shape index (κ3) is 1.92. The highest BCUT2D eigenvalue weighted by atomic mass is 16.5. The maximum Gasteiger partial charge on any atom is 0.240 e. The Bertz CT molecular complexity index is 273. The lowest BCUT2D eigenvalue weighted by molar-refractivity contribution is 0.415. The van der Waals surface area contributed by atoms with Gasteiger partial charge in [-0.3, -0.25) is 0 Å². The number of carbonyl (C=O) groups excluding carboxylic acids is 1. The van der Waals surface area contributed by atoms with Gasteiger partial charge in [0.15, 0.2) is 0 Å². The van der Waals surface area contributed by atoms with Gasteiger partial charge in [-0.2, -0.15) is 4.99 Å². The first kappa shape index (κ1) is 7.51. The first-order valence-electron chi connectivity index (χ1n) is 3.00. The van der Waals surface area contributed by atoms with Crippen LogP contribution in [0.4, 0.5) is 5.69 Å². The van der Waals surface area contributed by atoms with Crippen LogP contribution in [0.3, 0.4) is 0 Å². The summed E-state index contributed by atoms with van der Waals surface area (Å²) >= 11 is 0. The van der Waals surface area contributed by atoms with E-state index in [4.69, 9.17) is 4.74 Å². The average molecular weight is 148 g/mol. The van der Waals surface area contributed by atoms with Gasteiger partial charge in [0.25, 0.3) is 0 Å². The molecule has 0 spiro atoms. The SMILES string of the molecule is COc1c[c]c(N=C=O)cc1. The van der Waals surface area contributed by atoms with Crippen molar-refractivity contribution in [2.24, 2.45) is 4.99 Å². The lowest BCUT2D eigenvalue weighted by atomic mass is 10.3. The summed E-state index contributed by atoms with van der Waals surface area (Å²) < 4.78 is 4.88. The fourth-order valence-corrected chi connectivity index (χ4v) is 0.648. The zero-order chi connectivity index (χ0) is 8.10. The van der Waals surface area contributed by atoms with Gasteiger partial charge < -0.3 is 4.74 Å². The van der Waals surface area contributed by atoms with E-state index in [2.05, 4.69) is 11.1 Å². The molecule has 0 saturated heterocycles. The zero-order valence-electron chi connectivity index (χ0n) is 6.00. The number of nitrogens with zero attached hydrogens (tertiary/aromatic N) is 1. The van der Waals surface area contributed by atoms with E-state index in [1.807, 2.05) is 0 Å². The van der Waals surface area contributed by atoms with Crippen molar-refractivity contribution in [1.82, 2.24) is 0 Å². The van der Waals surface area contributed by atoms with Gasteiger partial charge in [0.2, 0.25) is 6.08 Å². The molecule has 0 amide bonds. The van der Waals surface area contributed by atoms with Crippen LogP contribution in [0.5, 0.6) is 5.75 Å². The number of hydrogen-bond donors (Lipinski definition) is 0. The third-order valence-corrected chi connectivity index (χ3v) is 1.17. The minimum Gasteiger partial charge on any atom is -0.497 e. The normalized spacial score (nSPS) is 8.45. The van der Waals surface area contributed by atoms with Crippen LogP contribution in [0.25, 0.3) is 0 Å². The predicted octanol–water partition coefficient (Wildman–Crippen LogP) is 1.46. The molecule has 11 heavy (non-hydrogen) atoms. The van der Waals surface area contributed by atoms with E-state index in [9.17, 15) is 4.79 Å². The van der Waals surface area contributed by atoms with E-state index in [0.29, 0.717) is 11.4 Å². The Hall–Kier alpha value is -1.60. The summed E-state index contributed by atoms with van der Waals surface area (Å²) in [4.78, 5) is 13.2. The molecule has 1 radical (unpaired) electrons. The quantitative estimate of drug-likeness (QED) is 0.470. The number of benzene rings is 1. The highest BCUT2D eigenvalue weighted by Crippen LogP contribution is 2.15. The van der Waals surface area contributed by atoms with Gasteiger partial charge in [0, 0.05) is 6.07 Å². The number of methoxy groups -OCH3 is 1. The smallest absolute Gasteiger partial charge is 0.240 e. The maximum absolute atomic E-state index is 9.79. The molecule has 1 rings (SSSR count). The van der Waals surface area contributed by atoms with Crippen LogP contribution in [-0.4, -0.2) is 13.2 Å². The maximum atomic E-state index is 9.79. The highest BCUT2D eigenvalue weighted by molar-refractivity contribution is 5.49. The second-order valence-electron chi connectivity index (χ2n) is 1.82. The average Bonchev–Trinajstić information content (AvgIpc) is 2.07.